The molecular weight excluding hydrogens is 236 g/mol. The quantitative estimate of drug-likeness (QED) is 0.869. The van der Waals surface area contributed by atoms with Gasteiger partial charge >= 0.3 is 0 Å². The van der Waals surface area contributed by atoms with E-state index < -0.39 is 0 Å². The summed E-state index contributed by atoms with van der Waals surface area (Å²) in [7, 11) is 0. The van der Waals surface area contributed by atoms with Gasteiger partial charge in [0.25, 0.3) is 5.91 Å². The first kappa shape index (κ1) is 12.3. The number of carbonyl (C=O) groups excluding carboxylic acids is 1. The molecule has 19 heavy (non-hydrogen) atoms. The zero-order chi connectivity index (χ0) is 13.2. The molecule has 1 aliphatic carbocycles. The van der Waals surface area contributed by atoms with E-state index in [0.29, 0.717) is 5.92 Å². The molecule has 0 spiro atoms. The SMILES string of the molecule is CC1CCC(CNC(=O)c2c[nH]c3ccccc23)C1. The standard InChI is InChI=1S/C16H20N2O/c1-11-6-7-12(8-11)9-18-16(19)14-10-17-15-5-3-2-4-13(14)15/h2-5,10-12,17H,6-9H2,1H3,(H,18,19). The number of carbonyl (C=O) groups is 1. The average molecular weight is 256 g/mol. The van der Waals surface area contributed by atoms with E-state index in [1.54, 1.807) is 6.20 Å². The molecule has 2 unspecified atom stereocenters. The van der Waals surface area contributed by atoms with Gasteiger partial charge in [0.05, 0.1) is 5.56 Å². The van der Waals surface area contributed by atoms with Gasteiger partial charge < -0.3 is 10.3 Å². The largest absolute Gasteiger partial charge is 0.360 e. The molecule has 2 aromatic rings. The molecule has 2 N–H and O–H groups in total. The highest BCUT2D eigenvalue weighted by atomic mass is 16.1. The first-order valence-electron chi connectivity index (χ1n) is 7.08. The van der Waals surface area contributed by atoms with E-state index >= 15 is 0 Å². The Balaban J connectivity index is 1.67. The van der Waals surface area contributed by atoms with E-state index in [1.165, 1.54) is 19.3 Å². The van der Waals surface area contributed by atoms with Crippen molar-refractivity contribution in [2.45, 2.75) is 26.2 Å². The molecule has 1 aromatic heterocycles. The van der Waals surface area contributed by atoms with Crippen molar-refractivity contribution in [3.05, 3.63) is 36.0 Å². The monoisotopic (exact) mass is 256 g/mol. The summed E-state index contributed by atoms with van der Waals surface area (Å²) < 4.78 is 0. The summed E-state index contributed by atoms with van der Waals surface area (Å²) in [6.07, 6.45) is 5.59. The third-order valence-corrected chi connectivity index (χ3v) is 4.19. The Hall–Kier alpha value is -1.77. The number of benzene rings is 1. The number of amides is 1. The van der Waals surface area contributed by atoms with Crippen LogP contribution < -0.4 is 5.32 Å². The Morgan fingerprint density at radius 1 is 1.37 bits per heavy atom. The summed E-state index contributed by atoms with van der Waals surface area (Å²) in [5.74, 6) is 1.51. The fraction of sp³-hybridized carbons (Fsp3) is 0.438. The van der Waals surface area contributed by atoms with E-state index in [9.17, 15) is 4.79 Å². The van der Waals surface area contributed by atoms with Gasteiger partial charge in [-0.05, 0) is 30.7 Å². The molecule has 2 atom stereocenters. The van der Waals surface area contributed by atoms with Crippen molar-refractivity contribution >= 4 is 16.8 Å². The van der Waals surface area contributed by atoms with Gasteiger partial charge in [-0.15, -0.1) is 0 Å². The van der Waals surface area contributed by atoms with Gasteiger partial charge in [-0.1, -0.05) is 31.5 Å². The summed E-state index contributed by atoms with van der Waals surface area (Å²) in [6.45, 7) is 3.10. The van der Waals surface area contributed by atoms with Crippen LogP contribution in [0.15, 0.2) is 30.5 Å². The number of H-pyrrole nitrogens is 1. The average Bonchev–Trinajstić information content (AvgIpc) is 3.02. The van der Waals surface area contributed by atoms with Crippen LogP contribution in [0.4, 0.5) is 0 Å². The number of nitrogens with one attached hydrogen (secondary N) is 2. The first-order valence-corrected chi connectivity index (χ1v) is 7.08. The van der Waals surface area contributed by atoms with E-state index in [2.05, 4.69) is 17.2 Å². The van der Waals surface area contributed by atoms with E-state index in [4.69, 9.17) is 0 Å². The molecule has 0 radical (unpaired) electrons. The number of para-hydroxylation sites is 1. The minimum absolute atomic E-state index is 0.0389. The van der Waals surface area contributed by atoms with Crippen LogP contribution in [0.1, 0.15) is 36.5 Å². The van der Waals surface area contributed by atoms with Crippen LogP contribution in [0.25, 0.3) is 10.9 Å². The Morgan fingerprint density at radius 3 is 3.00 bits per heavy atom. The summed E-state index contributed by atoms with van der Waals surface area (Å²) in [6, 6.07) is 7.91. The number of hydrogen-bond acceptors (Lipinski definition) is 1. The highest BCUT2D eigenvalue weighted by Gasteiger charge is 2.22. The smallest absolute Gasteiger partial charge is 0.253 e. The van der Waals surface area contributed by atoms with Crippen LogP contribution in [0.2, 0.25) is 0 Å². The highest BCUT2D eigenvalue weighted by Crippen LogP contribution is 2.29. The van der Waals surface area contributed by atoms with Crippen molar-refractivity contribution in [1.82, 2.24) is 10.3 Å². The molecule has 1 heterocycles. The number of aromatic nitrogens is 1. The fourth-order valence-electron chi connectivity index (χ4n) is 3.10. The predicted molar refractivity (Wildman–Crippen MR) is 77.1 cm³/mol. The van der Waals surface area contributed by atoms with Gasteiger partial charge in [0.15, 0.2) is 0 Å². The molecule has 0 bridgehead atoms. The van der Waals surface area contributed by atoms with Gasteiger partial charge in [0.1, 0.15) is 0 Å². The lowest BCUT2D eigenvalue weighted by molar-refractivity contribution is 0.0949. The van der Waals surface area contributed by atoms with Crippen LogP contribution >= 0.6 is 0 Å². The zero-order valence-corrected chi connectivity index (χ0v) is 11.3. The lowest BCUT2D eigenvalue weighted by Gasteiger charge is -2.10. The van der Waals surface area contributed by atoms with E-state index in [-0.39, 0.29) is 5.91 Å². The van der Waals surface area contributed by atoms with Crippen LogP contribution in [-0.4, -0.2) is 17.4 Å². The maximum Gasteiger partial charge on any atom is 0.253 e. The summed E-state index contributed by atoms with van der Waals surface area (Å²) in [5.41, 5.74) is 1.77. The van der Waals surface area contributed by atoms with Gasteiger partial charge in [-0.2, -0.15) is 0 Å². The van der Waals surface area contributed by atoms with Gasteiger partial charge in [0.2, 0.25) is 0 Å². The topological polar surface area (TPSA) is 44.9 Å². The maximum atomic E-state index is 12.2. The molecule has 1 saturated carbocycles. The first-order chi connectivity index (χ1) is 9.24. The van der Waals surface area contributed by atoms with Gasteiger partial charge in [-0.25, -0.2) is 0 Å². The number of fused-ring (bicyclic) bond motifs is 1. The van der Waals surface area contributed by atoms with Gasteiger partial charge in [0, 0.05) is 23.6 Å². The van der Waals surface area contributed by atoms with Gasteiger partial charge in [-0.3, -0.25) is 4.79 Å². The molecule has 1 aromatic carbocycles. The molecule has 1 amide bonds. The van der Waals surface area contributed by atoms with Crippen LogP contribution in [-0.2, 0) is 0 Å². The number of aromatic amines is 1. The third-order valence-electron chi connectivity index (χ3n) is 4.19. The molecule has 0 aliphatic heterocycles. The minimum Gasteiger partial charge on any atom is -0.360 e. The third kappa shape index (κ3) is 2.50. The van der Waals surface area contributed by atoms with Crippen molar-refractivity contribution < 1.29 is 4.79 Å². The summed E-state index contributed by atoms with van der Waals surface area (Å²) >= 11 is 0. The minimum atomic E-state index is 0.0389. The van der Waals surface area contributed by atoms with Crippen molar-refractivity contribution in [1.29, 1.82) is 0 Å². The predicted octanol–water partition coefficient (Wildman–Crippen LogP) is 3.33. The molecule has 3 heteroatoms. The van der Waals surface area contributed by atoms with E-state index in [1.807, 2.05) is 24.3 Å². The normalized spacial score (nSPS) is 22.8. The van der Waals surface area contributed by atoms with Crippen LogP contribution in [0.3, 0.4) is 0 Å². The molecule has 0 saturated heterocycles. The molecule has 3 nitrogen and oxygen atoms in total. The Bertz CT molecular complexity index is 587. The van der Waals surface area contributed by atoms with E-state index in [0.717, 1.165) is 28.9 Å². The Labute approximate surface area is 113 Å². The van der Waals surface area contributed by atoms with Crippen LogP contribution in [0.5, 0.6) is 0 Å². The highest BCUT2D eigenvalue weighted by molar-refractivity contribution is 6.06. The van der Waals surface area contributed by atoms with Crippen molar-refractivity contribution in [3.63, 3.8) is 0 Å². The van der Waals surface area contributed by atoms with Crippen molar-refractivity contribution in [2.24, 2.45) is 11.8 Å². The Morgan fingerprint density at radius 2 is 2.21 bits per heavy atom. The number of hydrogen-bond donors (Lipinski definition) is 2. The van der Waals surface area contributed by atoms with Crippen molar-refractivity contribution in [3.8, 4) is 0 Å². The molecule has 100 valence electrons. The molecule has 1 fully saturated rings. The lowest BCUT2D eigenvalue weighted by atomic mass is 10.1. The lowest BCUT2D eigenvalue weighted by Crippen LogP contribution is -2.28. The maximum absolute atomic E-state index is 12.2. The molecule has 1 aliphatic rings. The Kier molecular flexibility index (Phi) is 3.28. The molecular formula is C16H20N2O. The molecule has 3 rings (SSSR count). The second-order valence-electron chi connectivity index (χ2n) is 5.74. The second kappa shape index (κ2) is 5.08. The summed E-state index contributed by atoms with van der Waals surface area (Å²) in [5, 5.41) is 4.08. The fourth-order valence-corrected chi connectivity index (χ4v) is 3.10. The zero-order valence-electron chi connectivity index (χ0n) is 11.3. The number of rotatable bonds is 3. The second-order valence-corrected chi connectivity index (χ2v) is 5.74. The van der Waals surface area contributed by atoms with Crippen LogP contribution in [0, 0.1) is 11.8 Å². The van der Waals surface area contributed by atoms with Crippen molar-refractivity contribution in [2.75, 3.05) is 6.54 Å². The summed E-state index contributed by atoms with van der Waals surface area (Å²) in [4.78, 5) is 15.4.